The molecule has 0 spiro atoms. The average Bonchev–Trinajstić information content (AvgIpc) is 1.62. The number of rotatable bonds is 37. The lowest BCUT2D eigenvalue weighted by molar-refractivity contribution is -0.151. The number of hydrogen-bond donors (Lipinski definition) is 13. The largest absolute Gasteiger partial charge is 0.508 e. The lowest BCUT2D eigenvalue weighted by Crippen LogP contribution is -2.61. The molecule has 4 aromatic rings. The number of H-pyrrole nitrogens is 1. The molecule has 0 saturated carbocycles. The quantitative estimate of drug-likeness (QED) is 0.0280. The number of aliphatic carboxylic acids is 2. The van der Waals surface area contributed by atoms with Crippen LogP contribution in [0.3, 0.4) is 0 Å². The standard InChI is InChI=1S/C80H107N15O18S/c1-4-46(2)67(74(106)89-58(42-48-27-29-50(96)30-28-48)76(108)92-36-13-22-60(92)71(103)85-55(80(112)113)33-40-114-3)90-73(105)62-24-14-37-93(62)78(110)64-26-16-39-95(64)79(111)63-25-15-38-94(63)77(109)59(43-49-45-82-52-20-9-8-19-51(49)52)88-69(101)56(41-47-17-6-5-7-18-47)87-72(104)61-23-12-35-91(61)75(107)54(21-10-11-34-81)84-70(102)57(44-66(98)99)86-68(100)53-31-32-65(97)83-53/h5-9,17-20,27-30,45-46,53-64,67,82,96H,4,10-16,21-26,31-44,81H2,1-3H3,(H,83,97)(H,84,102)(H,85,103)(H,86,100)(H,87,104)(H,88,101)(H,89,106)(H,90,105)(H,98,99)(H,112,113)/t46-,53-,54-,55-,56-,57-,58-,59-,60-,61-,62-,63-,64-,67-/m0/s1. The van der Waals surface area contributed by atoms with Crippen LogP contribution in [0.1, 0.15) is 146 Å². The van der Waals surface area contributed by atoms with E-state index in [2.05, 4.69) is 47.5 Å². The Bertz CT molecular complexity index is 4170. The summed E-state index contributed by atoms with van der Waals surface area (Å²) in [5.74, 6) is -11.4. The summed E-state index contributed by atoms with van der Waals surface area (Å²) in [5.41, 5.74) is 8.38. The minimum absolute atomic E-state index is 0.0164. The lowest BCUT2D eigenvalue weighted by atomic mass is 9.96. The summed E-state index contributed by atoms with van der Waals surface area (Å²) in [5, 5.41) is 52.3. The number of phenols is 1. The molecule has 14 N–H and O–H groups in total. The van der Waals surface area contributed by atoms with Crippen LogP contribution in [0.4, 0.5) is 0 Å². The molecule has 6 fully saturated rings. The van der Waals surface area contributed by atoms with Gasteiger partial charge in [-0.2, -0.15) is 11.8 Å². The van der Waals surface area contributed by atoms with Crippen molar-refractivity contribution < 1.29 is 87.2 Å². The minimum Gasteiger partial charge on any atom is -0.508 e. The predicted molar refractivity (Wildman–Crippen MR) is 418 cm³/mol. The van der Waals surface area contributed by atoms with Crippen molar-refractivity contribution in [1.29, 1.82) is 0 Å². The highest BCUT2D eigenvalue weighted by molar-refractivity contribution is 7.98. The number of carboxylic acid groups (broad SMARTS) is 2. The van der Waals surface area contributed by atoms with E-state index in [1.807, 2.05) is 37.4 Å². The van der Waals surface area contributed by atoms with Gasteiger partial charge in [-0.25, -0.2) is 4.79 Å². The van der Waals surface area contributed by atoms with Crippen molar-refractivity contribution in [2.75, 3.05) is 51.3 Å². The van der Waals surface area contributed by atoms with Gasteiger partial charge in [-0.1, -0.05) is 80.9 Å². The van der Waals surface area contributed by atoms with Gasteiger partial charge in [-0.3, -0.25) is 67.1 Å². The van der Waals surface area contributed by atoms with Crippen LogP contribution < -0.4 is 48.3 Å². The van der Waals surface area contributed by atoms with Crippen molar-refractivity contribution in [3.63, 3.8) is 0 Å². The number of fused-ring (bicyclic) bond motifs is 1. The van der Waals surface area contributed by atoms with Gasteiger partial charge in [0.1, 0.15) is 84.3 Å². The summed E-state index contributed by atoms with van der Waals surface area (Å²) < 4.78 is 0. The maximum Gasteiger partial charge on any atom is 0.326 e. The van der Waals surface area contributed by atoms with Crippen LogP contribution in [0, 0.1) is 5.92 Å². The summed E-state index contributed by atoms with van der Waals surface area (Å²) >= 11 is 1.42. The van der Waals surface area contributed by atoms with Crippen LogP contribution in [0.15, 0.2) is 85.1 Å². The van der Waals surface area contributed by atoms with Crippen LogP contribution in [0.2, 0.25) is 0 Å². The van der Waals surface area contributed by atoms with Gasteiger partial charge in [-0.05, 0) is 156 Å². The minimum atomic E-state index is -1.65. The lowest BCUT2D eigenvalue weighted by Gasteiger charge is -2.35. The van der Waals surface area contributed by atoms with Crippen molar-refractivity contribution in [3.05, 3.63) is 102 Å². The number of nitrogens with zero attached hydrogens (tertiary/aromatic N) is 5. The summed E-state index contributed by atoms with van der Waals surface area (Å²) in [7, 11) is 0. The zero-order valence-electron chi connectivity index (χ0n) is 64.7. The Morgan fingerprint density at radius 3 is 1.58 bits per heavy atom. The highest BCUT2D eigenvalue weighted by Crippen LogP contribution is 2.32. The zero-order chi connectivity index (χ0) is 81.9. The molecule has 0 aliphatic carbocycles. The van der Waals surface area contributed by atoms with Gasteiger partial charge in [0.15, 0.2) is 0 Å². The number of carboxylic acids is 2. The molecule has 6 aliphatic rings. The number of likely N-dealkylation sites (tertiary alicyclic amines) is 5. The van der Waals surface area contributed by atoms with Crippen molar-refractivity contribution in [3.8, 4) is 5.75 Å². The van der Waals surface area contributed by atoms with E-state index in [4.69, 9.17) is 5.73 Å². The van der Waals surface area contributed by atoms with Crippen molar-refractivity contribution in [2.24, 2.45) is 11.7 Å². The number of unbranched alkanes of at least 4 members (excludes halogenated alkanes) is 1. The number of nitrogens with one attached hydrogen (secondary N) is 9. The Morgan fingerprint density at radius 1 is 0.518 bits per heavy atom. The first-order valence-electron chi connectivity index (χ1n) is 39.7. The molecule has 7 heterocycles. The number of benzene rings is 3. The molecule has 34 heteroatoms. The number of amides is 13. The van der Waals surface area contributed by atoms with Gasteiger partial charge in [0.25, 0.3) is 0 Å². The number of nitrogens with two attached hydrogens (primary N) is 1. The third-order valence-corrected chi connectivity index (χ3v) is 23.3. The first kappa shape index (κ1) is 85.8. The molecule has 13 amide bonds. The molecule has 6 saturated heterocycles. The number of aromatic amines is 1. The predicted octanol–water partition coefficient (Wildman–Crippen LogP) is 1.02. The Balaban J connectivity index is 0.838. The molecule has 10 rings (SSSR count). The molecular formula is C80H107N15O18S. The molecular weight excluding hydrogens is 1490 g/mol. The van der Waals surface area contributed by atoms with E-state index in [-0.39, 0.29) is 128 Å². The fourth-order valence-electron chi connectivity index (χ4n) is 16.3. The van der Waals surface area contributed by atoms with Gasteiger partial charge in [-0.15, -0.1) is 0 Å². The number of carbonyl (C=O) groups is 15. The fourth-order valence-corrected chi connectivity index (χ4v) is 16.8. The number of carbonyl (C=O) groups excluding carboxylic acids is 13. The monoisotopic (exact) mass is 1600 g/mol. The molecule has 0 radical (unpaired) electrons. The Labute approximate surface area is 665 Å². The van der Waals surface area contributed by atoms with Crippen LogP contribution in [0.25, 0.3) is 10.9 Å². The van der Waals surface area contributed by atoms with E-state index in [0.29, 0.717) is 73.8 Å². The molecule has 6 aliphatic heterocycles. The van der Waals surface area contributed by atoms with Crippen molar-refractivity contribution in [1.82, 2.24) is 72.0 Å². The molecule has 33 nitrogen and oxygen atoms in total. The van der Waals surface area contributed by atoms with E-state index in [1.54, 1.807) is 55.6 Å². The molecule has 1 aromatic heterocycles. The molecule has 14 atom stereocenters. The number of thioether (sulfide) groups is 1. The Hall–Kier alpha value is -10.6. The van der Waals surface area contributed by atoms with Crippen molar-refractivity contribution in [2.45, 2.75) is 227 Å². The summed E-state index contributed by atoms with van der Waals surface area (Å²) in [6.07, 6.45) is 6.84. The molecule has 0 unspecified atom stereocenters. The second-order valence-corrected chi connectivity index (χ2v) is 31.5. The topological polar surface area (TPSA) is 471 Å². The number of phenolic OH excluding ortho intramolecular Hbond substituents is 1. The van der Waals surface area contributed by atoms with Crippen LogP contribution in [-0.2, 0) is 91.2 Å². The third-order valence-electron chi connectivity index (χ3n) is 22.7. The second-order valence-electron chi connectivity index (χ2n) is 30.5. The number of hydrogen-bond acceptors (Lipinski definition) is 18. The highest BCUT2D eigenvalue weighted by Gasteiger charge is 2.49. The maximum absolute atomic E-state index is 15.7. The summed E-state index contributed by atoms with van der Waals surface area (Å²) in [6, 6.07) is 6.23. The number of aromatic nitrogens is 1. The van der Waals surface area contributed by atoms with Gasteiger partial charge in [0.05, 0.1) is 6.42 Å². The first-order valence-corrected chi connectivity index (χ1v) is 41.1. The summed E-state index contributed by atoms with van der Waals surface area (Å²) in [4.78, 5) is 223. The highest BCUT2D eigenvalue weighted by atomic mass is 32.2. The zero-order valence-corrected chi connectivity index (χ0v) is 65.5. The maximum atomic E-state index is 15.7. The smallest absolute Gasteiger partial charge is 0.326 e. The average molecular weight is 1600 g/mol. The van der Waals surface area contributed by atoms with Gasteiger partial charge in [0, 0.05) is 75.5 Å². The van der Waals surface area contributed by atoms with Crippen LogP contribution >= 0.6 is 11.8 Å². The number of aromatic hydroxyl groups is 1. The van der Waals surface area contributed by atoms with Crippen LogP contribution in [-0.4, -0.2) is 263 Å². The van der Waals surface area contributed by atoms with Gasteiger partial charge in [0.2, 0.25) is 76.8 Å². The summed E-state index contributed by atoms with van der Waals surface area (Å²) in [6.45, 7) is 4.38. The van der Waals surface area contributed by atoms with E-state index in [0.717, 1.165) is 10.9 Å². The normalized spacial score (nSPS) is 21.5. The fraction of sp³-hybridized carbons (Fsp3) is 0.562. The molecule has 0 bridgehead atoms. The van der Waals surface area contributed by atoms with Crippen molar-refractivity contribution >= 4 is 111 Å². The van der Waals surface area contributed by atoms with E-state index in [9.17, 15) is 68.1 Å². The Morgan fingerprint density at radius 2 is 1.00 bits per heavy atom. The van der Waals surface area contributed by atoms with E-state index in [1.165, 1.54) is 48.4 Å². The third kappa shape index (κ3) is 21.6. The molecule has 3 aromatic carbocycles. The van der Waals surface area contributed by atoms with E-state index < -0.39 is 174 Å². The van der Waals surface area contributed by atoms with E-state index >= 15 is 19.2 Å². The SMILES string of the molecule is CC[C@H](C)[C@H](NC(=O)[C@@H]1CCCN1C(=O)[C@@H]1CCCN1C(=O)[C@@H]1CCCN1C(=O)[C@H](Cc1c[nH]c2ccccc12)NC(=O)[C@H](Cc1ccccc1)NC(=O)[C@@H]1CCCN1C(=O)[C@H](CCCCN)NC(=O)[C@H](CC(=O)O)NC(=O)[C@@H]1CCC(=O)N1)C(=O)N[C@@H](Cc1ccc(O)cc1)C(=O)N1CCC[C@H]1C(=O)N[C@@H](CCSC)C(=O)O. The van der Waals surface area contributed by atoms with Crippen LogP contribution in [0.5, 0.6) is 5.75 Å². The number of para-hydroxylation sites is 1. The first-order chi connectivity index (χ1) is 54.8. The second kappa shape index (κ2) is 40.4. The molecule has 616 valence electrons. The van der Waals surface area contributed by atoms with Gasteiger partial charge < -0.3 is 93.1 Å². The Kier molecular flexibility index (Phi) is 30.4. The molecule has 114 heavy (non-hydrogen) atoms. The van der Waals surface area contributed by atoms with Gasteiger partial charge >= 0.3 is 11.9 Å².